The quantitative estimate of drug-likeness (QED) is 0.897. The number of aromatic nitrogens is 2. The van der Waals surface area contributed by atoms with Gasteiger partial charge < -0.3 is 19.3 Å². The number of anilines is 1. The van der Waals surface area contributed by atoms with Crippen molar-refractivity contribution in [2.24, 2.45) is 0 Å². The van der Waals surface area contributed by atoms with Gasteiger partial charge in [0.25, 0.3) is 0 Å². The van der Waals surface area contributed by atoms with Gasteiger partial charge in [0, 0.05) is 24.6 Å². The van der Waals surface area contributed by atoms with Crippen molar-refractivity contribution in [3.8, 4) is 11.5 Å². The molecule has 138 valence electrons. The number of benzene rings is 1. The number of nitrogens with one attached hydrogen (secondary N) is 1. The number of hydrogen-bond donors (Lipinski definition) is 1. The number of ether oxygens (including phenoxy) is 2. The van der Waals surface area contributed by atoms with Crippen molar-refractivity contribution < 1.29 is 18.8 Å². The number of carbonyl (C=O) groups is 1. The number of amides is 1. The Kier molecular flexibility index (Phi) is 4.50. The van der Waals surface area contributed by atoms with E-state index in [9.17, 15) is 4.79 Å². The maximum absolute atomic E-state index is 12.6. The predicted molar refractivity (Wildman–Crippen MR) is 93.2 cm³/mol. The molecule has 1 N–H and O–H groups in total. The van der Waals surface area contributed by atoms with Crippen LogP contribution in [0.5, 0.6) is 11.5 Å². The molecule has 0 bridgehead atoms. The maximum atomic E-state index is 12.6. The fraction of sp³-hybridized carbons (Fsp3) is 0.500. The average molecular weight is 358 g/mol. The highest BCUT2D eigenvalue weighted by Crippen LogP contribution is 2.34. The minimum Gasteiger partial charge on any atom is -0.454 e. The molecular formula is C18H22N4O4. The highest BCUT2D eigenvalue weighted by molar-refractivity contribution is 5.94. The van der Waals surface area contributed by atoms with Gasteiger partial charge in [-0.2, -0.15) is 4.98 Å². The Hall–Kier alpha value is -2.61. The van der Waals surface area contributed by atoms with Crippen molar-refractivity contribution in [3.63, 3.8) is 0 Å². The lowest BCUT2D eigenvalue weighted by atomic mass is 9.95. The van der Waals surface area contributed by atoms with E-state index in [0.29, 0.717) is 29.0 Å². The van der Waals surface area contributed by atoms with Crippen molar-refractivity contribution in [2.45, 2.75) is 38.6 Å². The molecule has 26 heavy (non-hydrogen) atoms. The van der Waals surface area contributed by atoms with Crippen molar-refractivity contribution >= 4 is 11.6 Å². The summed E-state index contributed by atoms with van der Waals surface area (Å²) in [5.41, 5.74) is 0.711. The van der Waals surface area contributed by atoms with E-state index in [1.807, 2.05) is 13.0 Å². The molecule has 0 aliphatic carbocycles. The average Bonchev–Trinajstić information content (AvgIpc) is 3.29. The summed E-state index contributed by atoms with van der Waals surface area (Å²) in [5.74, 6) is 3.01. The molecule has 1 fully saturated rings. The van der Waals surface area contributed by atoms with E-state index in [0.717, 1.165) is 31.8 Å². The van der Waals surface area contributed by atoms with Gasteiger partial charge in [-0.3, -0.25) is 9.69 Å². The van der Waals surface area contributed by atoms with E-state index in [2.05, 4.69) is 20.4 Å². The summed E-state index contributed by atoms with van der Waals surface area (Å²) in [5, 5.41) is 6.98. The minimum absolute atomic E-state index is 0.0299. The molecule has 1 amide bonds. The molecule has 2 aliphatic heterocycles. The lowest BCUT2D eigenvalue weighted by Crippen LogP contribution is -2.45. The molecule has 8 nitrogen and oxygen atoms in total. The molecule has 1 unspecified atom stereocenters. The van der Waals surface area contributed by atoms with E-state index in [4.69, 9.17) is 14.0 Å². The van der Waals surface area contributed by atoms with Crippen LogP contribution in [0.25, 0.3) is 0 Å². The monoisotopic (exact) mass is 358 g/mol. The first kappa shape index (κ1) is 16.8. The summed E-state index contributed by atoms with van der Waals surface area (Å²) in [4.78, 5) is 19.1. The number of likely N-dealkylation sites (tertiary alicyclic amines) is 1. The number of carbonyl (C=O) groups excluding carboxylic acids is 1. The number of rotatable bonds is 4. The van der Waals surface area contributed by atoms with Crippen LogP contribution in [-0.4, -0.2) is 46.9 Å². The van der Waals surface area contributed by atoms with Gasteiger partial charge >= 0.3 is 0 Å². The summed E-state index contributed by atoms with van der Waals surface area (Å²) in [6.07, 6.45) is 1.83. The molecule has 2 aromatic rings. The Labute approximate surface area is 151 Å². The second-order valence-electron chi connectivity index (χ2n) is 6.72. The van der Waals surface area contributed by atoms with Crippen LogP contribution >= 0.6 is 0 Å². The van der Waals surface area contributed by atoms with Crippen LogP contribution in [0.3, 0.4) is 0 Å². The Morgan fingerprint density at radius 1 is 1.27 bits per heavy atom. The molecule has 3 heterocycles. The number of hydrogen-bond acceptors (Lipinski definition) is 7. The van der Waals surface area contributed by atoms with Crippen LogP contribution < -0.4 is 14.8 Å². The second kappa shape index (κ2) is 6.95. The normalized spacial score (nSPS) is 18.7. The van der Waals surface area contributed by atoms with Gasteiger partial charge in [-0.15, -0.1) is 0 Å². The van der Waals surface area contributed by atoms with E-state index >= 15 is 0 Å². The van der Waals surface area contributed by atoms with Gasteiger partial charge in [-0.25, -0.2) is 0 Å². The Morgan fingerprint density at radius 3 is 2.77 bits per heavy atom. The first-order chi connectivity index (χ1) is 12.6. The third-order valence-corrected chi connectivity index (χ3v) is 5.01. The molecule has 0 radical (unpaired) electrons. The van der Waals surface area contributed by atoms with Crippen molar-refractivity contribution in [1.82, 2.24) is 15.0 Å². The van der Waals surface area contributed by atoms with Gasteiger partial charge in [-0.1, -0.05) is 5.16 Å². The van der Waals surface area contributed by atoms with Crippen molar-refractivity contribution in [2.75, 3.05) is 25.2 Å². The Morgan fingerprint density at radius 2 is 2.04 bits per heavy atom. The highest BCUT2D eigenvalue weighted by Gasteiger charge is 2.29. The van der Waals surface area contributed by atoms with Gasteiger partial charge in [0.05, 0.1) is 6.04 Å². The molecule has 0 spiro atoms. The molecule has 0 saturated carbocycles. The van der Waals surface area contributed by atoms with Gasteiger partial charge in [0.1, 0.15) is 0 Å². The zero-order valence-corrected chi connectivity index (χ0v) is 14.9. The van der Waals surface area contributed by atoms with Gasteiger partial charge in [0.2, 0.25) is 18.6 Å². The molecule has 1 atom stereocenters. The van der Waals surface area contributed by atoms with Crippen LogP contribution in [-0.2, 0) is 4.79 Å². The third kappa shape index (κ3) is 3.37. The van der Waals surface area contributed by atoms with Crippen LogP contribution in [0.2, 0.25) is 0 Å². The zero-order chi connectivity index (χ0) is 18.1. The molecule has 1 aromatic carbocycles. The lowest BCUT2D eigenvalue weighted by molar-refractivity contribution is -0.121. The van der Waals surface area contributed by atoms with Gasteiger partial charge in [0.15, 0.2) is 17.3 Å². The third-order valence-electron chi connectivity index (χ3n) is 5.01. The van der Waals surface area contributed by atoms with Crippen LogP contribution in [0, 0.1) is 6.92 Å². The summed E-state index contributed by atoms with van der Waals surface area (Å²) >= 11 is 0. The number of piperidine rings is 1. The second-order valence-corrected chi connectivity index (χ2v) is 6.72. The maximum Gasteiger partial charge on any atom is 0.241 e. The summed E-state index contributed by atoms with van der Waals surface area (Å²) < 4.78 is 15.7. The van der Waals surface area contributed by atoms with Crippen LogP contribution in [0.15, 0.2) is 22.7 Å². The van der Waals surface area contributed by atoms with Crippen LogP contribution in [0.1, 0.15) is 37.4 Å². The van der Waals surface area contributed by atoms with E-state index in [-0.39, 0.29) is 18.7 Å². The van der Waals surface area contributed by atoms with Crippen LogP contribution in [0.4, 0.5) is 5.69 Å². The topological polar surface area (TPSA) is 89.7 Å². The lowest BCUT2D eigenvalue weighted by Gasteiger charge is -2.34. The number of nitrogens with zero attached hydrogens (tertiary/aromatic N) is 3. The van der Waals surface area contributed by atoms with Crippen molar-refractivity contribution in [3.05, 3.63) is 29.9 Å². The Balaban J connectivity index is 1.33. The Bertz CT molecular complexity index is 798. The summed E-state index contributed by atoms with van der Waals surface area (Å²) in [7, 11) is 0. The number of fused-ring (bicyclic) bond motifs is 1. The fourth-order valence-corrected chi connectivity index (χ4v) is 3.41. The van der Waals surface area contributed by atoms with E-state index < -0.39 is 0 Å². The molecular weight excluding hydrogens is 336 g/mol. The summed E-state index contributed by atoms with van der Waals surface area (Å²) in [6, 6.07) is 5.20. The van der Waals surface area contributed by atoms with Gasteiger partial charge in [-0.05, 0) is 45.0 Å². The molecule has 4 rings (SSSR count). The van der Waals surface area contributed by atoms with E-state index in [1.54, 1.807) is 19.1 Å². The standard InChI is InChI=1S/C18H22N4O4/c1-11(18(23)20-14-3-4-15-16(9-14)25-10-24-15)22-7-5-13(6-8-22)17-19-12(2)26-21-17/h3-4,9,11,13H,5-8,10H2,1-2H3,(H,20,23). The van der Waals surface area contributed by atoms with Crippen molar-refractivity contribution in [1.29, 1.82) is 0 Å². The first-order valence-corrected chi connectivity index (χ1v) is 8.85. The first-order valence-electron chi connectivity index (χ1n) is 8.85. The largest absolute Gasteiger partial charge is 0.454 e. The SMILES string of the molecule is Cc1nc(C2CCN(C(C)C(=O)Nc3ccc4c(c3)OCO4)CC2)no1. The summed E-state index contributed by atoms with van der Waals surface area (Å²) in [6.45, 7) is 5.61. The van der Waals surface area contributed by atoms with E-state index in [1.165, 1.54) is 0 Å². The fourth-order valence-electron chi connectivity index (χ4n) is 3.41. The minimum atomic E-state index is -0.214. The molecule has 2 aliphatic rings. The smallest absolute Gasteiger partial charge is 0.241 e. The molecule has 1 aromatic heterocycles. The zero-order valence-electron chi connectivity index (χ0n) is 14.9. The highest BCUT2D eigenvalue weighted by atomic mass is 16.7. The predicted octanol–water partition coefficient (Wildman–Crippen LogP) is 2.31. The molecule has 8 heteroatoms. The molecule has 1 saturated heterocycles. The number of aryl methyl sites for hydroxylation is 1.